The minimum atomic E-state index is 0.126. The number of carbonyl (C=O) groups is 1. The molecule has 2 saturated heterocycles. The number of nitrogens with zero attached hydrogens (tertiary/aromatic N) is 1. The van der Waals surface area contributed by atoms with Crippen LogP contribution in [0.2, 0.25) is 0 Å². The molecule has 122 valence electrons. The fraction of sp³-hybridized carbons (Fsp3) is 0.688. The smallest absolute Gasteiger partial charge is 0.234 e. The minimum absolute atomic E-state index is 0.126. The second-order valence-corrected chi connectivity index (χ2v) is 7.15. The number of hydrogen-bond donors (Lipinski definition) is 2. The number of carbonyl (C=O) groups excluding carboxylic acids is 1. The summed E-state index contributed by atoms with van der Waals surface area (Å²) >= 11 is 1.68. The molecular weight excluding hydrogens is 298 g/mol. The summed E-state index contributed by atoms with van der Waals surface area (Å²) < 4.78 is 5.54. The lowest BCUT2D eigenvalue weighted by Crippen LogP contribution is -2.55. The van der Waals surface area contributed by atoms with E-state index in [-0.39, 0.29) is 11.4 Å². The Bertz CT molecular complexity index is 472. The van der Waals surface area contributed by atoms with Gasteiger partial charge in [-0.3, -0.25) is 9.69 Å². The third kappa shape index (κ3) is 3.87. The zero-order valence-electron chi connectivity index (χ0n) is 13.0. The van der Waals surface area contributed by atoms with Crippen molar-refractivity contribution in [1.29, 1.82) is 0 Å². The summed E-state index contributed by atoms with van der Waals surface area (Å²) in [7, 11) is 0. The topological polar surface area (TPSA) is 53.6 Å². The Balaban J connectivity index is 1.58. The lowest BCUT2D eigenvalue weighted by molar-refractivity contribution is -0.125. The first-order valence-corrected chi connectivity index (χ1v) is 8.99. The molecule has 1 aromatic rings. The molecule has 0 radical (unpaired) electrons. The van der Waals surface area contributed by atoms with Gasteiger partial charge < -0.3 is 15.4 Å². The molecule has 0 unspecified atom stereocenters. The van der Waals surface area contributed by atoms with Crippen molar-refractivity contribution in [2.45, 2.75) is 31.3 Å². The quantitative estimate of drug-likeness (QED) is 0.874. The van der Waals surface area contributed by atoms with Crippen molar-refractivity contribution >= 4 is 17.2 Å². The van der Waals surface area contributed by atoms with Crippen molar-refractivity contribution in [3.05, 3.63) is 22.4 Å². The molecule has 1 spiro atoms. The molecule has 22 heavy (non-hydrogen) atoms. The second kappa shape index (κ2) is 7.55. The highest BCUT2D eigenvalue weighted by Crippen LogP contribution is 2.31. The van der Waals surface area contributed by atoms with Crippen molar-refractivity contribution in [2.24, 2.45) is 0 Å². The van der Waals surface area contributed by atoms with Crippen LogP contribution in [0.3, 0.4) is 0 Å². The Kier molecular flexibility index (Phi) is 5.46. The molecule has 3 heterocycles. The van der Waals surface area contributed by atoms with Gasteiger partial charge in [0.1, 0.15) is 0 Å². The first kappa shape index (κ1) is 15.9. The second-order valence-electron chi connectivity index (χ2n) is 6.11. The van der Waals surface area contributed by atoms with Gasteiger partial charge in [0.25, 0.3) is 0 Å². The normalized spacial score (nSPS) is 22.4. The maximum atomic E-state index is 12.3. The third-order valence-electron chi connectivity index (χ3n) is 4.79. The van der Waals surface area contributed by atoms with Crippen LogP contribution < -0.4 is 10.6 Å². The Hall–Kier alpha value is -0.950. The van der Waals surface area contributed by atoms with Crippen LogP contribution in [0.1, 0.15) is 24.1 Å². The molecule has 0 aliphatic carbocycles. The predicted molar refractivity (Wildman–Crippen MR) is 88.0 cm³/mol. The van der Waals surface area contributed by atoms with E-state index in [2.05, 4.69) is 21.6 Å². The molecular formula is C16H25N3O2S. The fourth-order valence-corrected chi connectivity index (χ4v) is 4.09. The van der Waals surface area contributed by atoms with Gasteiger partial charge in [-0.05, 0) is 37.3 Å². The van der Waals surface area contributed by atoms with E-state index < -0.39 is 0 Å². The average molecular weight is 323 g/mol. The third-order valence-corrected chi connectivity index (χ3v) is 5.67. The van der Waals surface area contributed by atoms with Gasteiger partial charge in [-0.2, -0.15) is 0 Å². The number of amides is 1. The number of hydrogen-bond acceptors (Lipinski definition) is 5. The Labute approximate surface area is 136 Å². The fourth-order valence-electron chi connectivity index (χ4n) is 3.45. The first-order chi connectivity index (χ1) is 10.8. The van der Waals surface area contributed by atoms with Crippen molar-refractivity contribution in [1.82, 2.24) is 15.5 Å². The summed E-state index contributed by atoms with van der Waals surface area (Å²) in [6, 6.07) is 4.07. The van der Waals surface area contributed by atoms with Crippen molar-refractivity contribution < 1.29 is 9.53 Å². The van der Waals surface area contributed by atoms with Crippen LogP contribution in [0.5, 0.6) is 0 Å². The van der Waals surface area contributed by atoms with E-state index in [9.17, 15) is 4.79 Å². The van der Waals surface area contributed by atoms with Crippen molar-refractivity contribution in [3.63, 3.8) is 0 Å². The zero-order valence-corrected chi connectivity index (χ0v) is 13.8. The standard InChI is InChI=1S/C16H25N3O2S/c20-15(18-12-14-2-1-11-22-14)13-19-8-7-17-6-3-16(19)4-9-21-10-5-16/h1-2,11,17H,3-10,12-13H2,(H,18,20). The zero-order chi connectivity index (χ0) is 15.3. The van der Waals surface area contributed by atoms with Gasteiger partial charge in [0.05, 0.1) is 13.1 Å². The van der Waals surface area contributed by atoms with Crippen molar-refractivity contribution in [3.8, 4) is 0 Å². The average Bonchev–Trinajstić information content (AvgIpc) is 2.99. The van der Waals surface area contributed by atoms with Crippen LogP contribution in [0, 0.1) is 0 Å². The van der Waals surface area contributed by atoms with E-state index in [1.54, 1.807) is 11.3 Å². The minimum Gasteiger partial charge on any atom is -0.381 e. The molecule has 2 aliphatic heterocycles. The molecule has 2 fully saturated rings. The summed E-state index contributed by atoms with van der Waals surface area (Å²) in [5.41, 5.74) is 0.141. The van der Waals surface area contributed by atoms with Gasteiger partial charge in [-0.25, -0.2) is 0 Å². The van der Waals surface area contributed by atoms with Gasteiger partial charge in [-0.15, -0.1) is 11.3 Å². The summed E-state index contributed by atoms with van der Waals surface area (Å²) in [5, 5.41) is 8.56. The highest BCUT2D eigenvalue weighted by Gasteiger charge is 2.39. The van der Waals surface area contributed by atoms with E-state index in [1.165, 1.54) is 4.88 Å². The highest BCUT2D eigenvalue weighted by atomic mass is 32.1. The molecule has 2 aliphatic rings. The van der Waals surface area contributed by atoms with E-state index in [1.807, 2.05) is 11.4 Å². The summed E-state index contributed by atoms with van der Waals surface area (Å²) in [6.07, 6.45) is 3.17. The Morgan fingerprint density at radius 2 is 2.23 bits per heavy atom. The van der Waals surface area contributed by atoms with Crippen LogP contribution in [-0.2, 0) is 16.1 Å². The molecule has 1 amide bonds. The van der Waals surface area contributed by atoms with Gasteiger partial charge in [0.2, 0.25) is 5.91 Å². The van der Waals surface area contributed by atoms with Crippen LogP contribution in [0.15, 0.2) is 17.5 Å². The lowest BCUT2D eigenvalue weighted by Gasteiger charge is -2.45. The van der Waals surface area contributed by atoms with Crippen LogP contribution in [0.25, 0.3) is 0 Å². The Morgan fingerprint density at radius 3 is 3.00 bits per heavy atom. The predicted octanol–water partition coefficient (Wildman–Crippen LogP) is 1.21. The van der Waals surface area contributed by atoms with E-state index in [0.717, 1.165) is 52.1 Å². The van der Waals surface area contributed by atoms with E-state index in [0.29, 0.717) is 13.1 Å². The summed E-state index contributed by atoms with van der Waals surface area (Å²) in [5.74, 6) is 0.126. The molecule has 0 aromatic carbocycles. The summed E-state index contributed by atoms with van der Waals surface area (Å²) in [4.78, 5) is 15.9. The van der Waals surface area contributed by atoms with Gasteiger partial charge in [0.15, 0.2) is 0 Å². The Morgan fingerprint density at radius 1 is 1.36 bits per heavy atom. The van der Waals surface area contributed by atoms with Crippen LogP contribution in [0.4, 0.5) is 0 Å². The lowest BCUT2D eigenvalue weighted by atomic mass is 9.85. The van der Waals surface area contributed by atoms with Gasteiger partial charge in [-0.1, -0.05) is 6.07 Å². The number of thiophene rings is 1. The molecule has 3 rings (SSSR count). The van der Waals surface area contributed by atoms with E-state index >= 15 is 0 Å². The van der Waals surface area contributed by atoms with Gasteiger partial charge >= 0.3 is 0 Å². The monoisotopic (exact) mass is 323 g/mol. The molecule has 5 nitrogen and oxygen atoms in total. The number of rotatable bonds is 4. The molecule has 2 N–H and O–H groups in total. The SMILES string of the molecule is O=C(CN1CCNCCC12CCOCC2)NCc1cccs1. The van der Waals surface area contributed by atoms with Crippen molar-refractivity contribution in [2.75, 3.05) is 39.4 Å². The largest absolute Gasteiger partial charge is 0.381 e. The molecule has 0 bridgehead atoms. The van der Waals surface area contributed by atoms with Crippen LogP contribution >= 0.6 is 11.3 Å². The molecule has 0 atom stereocenters. The van der Waals surface area contributed by atoms with E-state index in [4.69, 9.17) is 4.74 Å². The highest BCUT2D eigenvalue weighted by molar-refractivity contribution is 7.09. The number of nitrogens with one attached hydrogen (secondary N) is 2. The van der Waals surface area contributed by atoms with Gasteiger partial charge in [0, 0.05) is 36.7 Å². The molecule has 6 heteroatoms. The number of ether oxygens (including phenoxy) is 1. The molecule has 1 aromatic heterocycles. The maximum Gasteiger partial charge on any atom is 0.234 e. The first-order valence-electron chi connectivity index (χ1n) is 8.11. The molecule has 0 saturated carbocycles. The maximum absolute atomic E-state index is 12.3. The summed E-state index contributed by atoms with van der Waals surface area (Å²) in [6.45, 7) is 5.69. The van der Waals surface area contributed by atoms with Crippen LogP contribution in [-0.4, -0.2) is 55.7 Å².